The van der Waals surface area contributed by atoms with E-state index in [1.54, 1.807) is 22.7 Å². The van der Waals surface area contributed by atoms with Crippen LogP contribution in [-0.2, 0) is 11.3 Å². The third-order valence-electron chi connectivity index (χ3n) is 3.66. The predicted octanol–water partition coefficient (Wildman–Crippen LogP) is 1.52. The maximum atomic E-state index is 11.9. The van der Waals surface area contributed by atoms with Gasteiger partial charge in [0, 0.05) is 13.1 Å². The molecule has 1 atom stereocenters. The van der Waals surface area contributed by atoms with Crippen LogP contribution in [0.2, 0.25) is 0 Å². The number of rotatable bonds is 4. The zero-order chi connectivity index (χ0) is 15.5. The van der Waals surface area contributed by atoms with Crippen molar-refractivity contribution in [2.24, 2.45) is 0 Å². The molecule has 3 rings (SSSR count). The highest BCUT2D eigenvalue weighted by Crippen LogP contribution is 2.22. The third kappa shape index (κ3) is 3.09. The molecule has 7 heteroatoms. The number of aliphatic hydroxyl groups is 1. The molecule has 0 aliphatic carbocycles. The average Bonchev–Trinajstić information content (AvgIpc) is 2.94. The molecule has 0 unspecified atom stereocenters. The van der Waals surface area contributed by atoms with Gasteiger partial charge >= 0.3 is 6.09 Å². The van der Waals surface area contributed by atoms with Crippen LogP contribution in [-0.4, -0.2) is 44.2 Å². The molecule has 22 heavy (non-hydrogen) atoms. The van der Waals surface area contributed by atoms with Crippen LogP contribution >= 0.6 is 0 Å². The molecule has 1 N–H and O–H groups in total. The lowest BCUT2D eigenvalue weighted by molar-refractivity contribution is 0.0491. The Morgan fingerprint density at radius 2 is 2.14 bits per heavy atom. The van der Waals surface area contributed by atoms with Gasteiger partial charge in [-0.25, -0.2) is 9.48 Å². The monoisotopic (exact) mass is 302 g/mol. The number of nitrogens with zero attached hydrogens (tertiary/aromatic N) is 4. The molecule has 1 aliphatic rings. The average molecular weight is 302 g/mol. The van der Waals surface area contributed by atoms with Gasteiger partial charge in [0.15, 0.2) is 0 Å². The number of likely N-dealkylation sites (tertiary alicyclic amines) is 1. The summed E-state index contributed by atoms with van der Waals surface area (Å²) in [5, 5.41) is 17.3. The lowest BCUT2D eigenvalue weighted by Gasteiger charge is -2.37. The molecule has 1 saturated heterocycles. The fraction of sp³-hybridized carbons (Fsp3) is 0.400. The number of carbonyl (C=O) groups is 1. The molecule has 0 bridgehead atoms. The summed E-state index contributed by atoms with van der Waals surface area (Å²) in [7, 11) is 0. The number of amides is 1. The first-order valence-corrected chi connectivity index (χ1v) is 7.19. The van der Waals surface area contributed by atoms with Gasteiger partial charge in [0.05, 0.1) is 18.3 Å². The van der Waals surface area contributed by atoms with Gasteiger partial charge in [-0.3, -0.25) is 0 Å². The largest absolute Gasteiger partial charge is 0.445 e. The van der Waals surface area contributed by atoms with E-state index in [1.807, 2.05) is 30.3 Å². The van der Waals surface area contributed by atoms with E-state index in [0.29, 0.717) is 18.8 Å². The molecule has 0 saturated carbocycles. The summed E-state index contributed by atoms with van der Waals surface area (Å²) >= 11 is 0. The van der Waals surface area contributed by atoms with Gasteiger partial charge in [0.25, 0.3) is 0 Å². The highest BCUT2D eigenvalue weighted by Gasteiger charge is 2.34. The summed E-state index contributed by atoms with van der Waals surface area (Å²) in [6.07, 6.45) is 0.749. The van der Waals surface area contributed by atoms with Crippen molar-refractivity contribution in [1.82, 2.24) is 19.9 Å². The van der Waals surface area contributed by atoms with E-state index in [2.05, 4.69) is 10.3 Å². The van der Waals surface area contributed by atoms with E-state index in [9.17, 15) is 9.90 Å². The Morgan fingerprint density at radius 1 is 1.41 bits per heavy atom. The highest BCUT2D eigenvalue weighted by molar-refractivity contribution is 5.68. The second-order valence-electron chi connectivity index (χ2n) is 5.40. The van der Waals surface area contributed by atoms with E-state index < -0.39 is 6.10 Å². The van der Waals surface area contributed by atoms with Crippen molar-refractivity contribution in [2.75, 3.05) is 13.1 Å². The van der Waals surface area contributed by atoms with Crippen LogP contribution in [0.1, 0.15) is 30.3 Å². The fourth-order valence-electron chi connectivity index (χ4n) is 2.24. The van der Waals surface area contributed by atoms with Crippen LogP contribution < -0.4 is 0 Å². The molecule has 116 valence electrons. The maximum absolute atomic E-state index is 11.9. The highest BCUT2D eigenvalue weighted by atomic mass is 16.6. The number of carbonyl (C=O) groups excluding carboxylic acids is 1. The fourth-order valence-corrected chi connectivity index (χ4v) is 2.24. The topological polar surface area (TPSA) is 80.5 Å². The first kappa shape index (κ1) is 14.5. The van der Waals surface area contributed by atoms with Crippen molar-refractivity contribution in [3.05, 3.63) is 47.8 Å². The van der Waals surface area contributed by atoms with Crippen LogP contribution in [0.4, 0.5) is 4.79 Å². The van der Waals surface area contributed by atoms with Crippen LogP contribution in [0.15, 0.2) is 36.5 Å². The Hall–Kier alpha value is -2.41. The SMILES string of the molecule is C[C@@H](O)c1cn(C2CN(C(=O)OCc3ccccc3)C2)nn1. The first-order valence-electron chi connectivity index (χ1n) is 7.19. The van der Waals surface area contributed by atoms with E-state index >= 15 is 0 Å². The molecule has 0 spiro atoms. The van der Waals surface area contributed by atoms with Crippen LogP contribution in [0.25, 0.3) is 0 Å². The minimum atomic E-state index is -0.638. The molecule has 1 aliphatic heterocycles. The molecule has 2 heterocycles. The molecular weight excluding hydrogens is 284 g/mol. The minimum absolute atomic E-state index is 0.0873. The number of hydrogen-bond acceptors (Lipinski definition) is 5. The Kier molecular flexibility index (Phi) is 4.06. The third-order valence-corrected chi connectivity index (χ3v) is 3.66. The van der Waals surface area contributed by atoms with Gasteiger partial charge in [0.2, 0.25) is 0 Å². The van der Waals surface area contributed by atoms with Crippen molar-refractivity contribution in [3.63, 3.8) is 0 Å². The zero-order valence-corrected chi connectivity index (χ0v) is 12.3. The maximum Gasteiger partial charge on any atom is 0.410 e. The summed E-state index contributed by atoms with van der Waals surface area (Å²) in [6.45, 7) is 2.99. The van der Waals surface area contributed by atoms with Crippen LogP contribution in [0, 0.1) is 0 Å². The summed E-state index contributed by atoms with van der Waals surface area (Å²) in [4.78, 5) is 13.5. The number of benzene rings is 1. The van der Waals surface area contributed by atoms with E-state index in [-0.39, 0.29) is 18.7 Å². The quantitative estimate of drug-likeness (QED) is 0.926. The summed E-state index contributed by atoms with van der Waals surface area (Å²) in [6, 6.07) is 9.66. The van der Waals surface area contributed by atoms with Gasteiger partial charge in [0.1, 0.15) is 12.3 Å². The first-order chi connectivity index (χ1) is 10.6. The van der Waals surface area contributed by atoms with E-state index in [4.69, 9.17) is 4.74 Å². The van der Waals surface area contributed by atoms with Gasteiger partial charge in [-0.1, -0.05) is 35.5 Å². The lowest BCUT2D eigenvalue weighted by Crippen LogP contribution is -2.51. The Balaban J connectivity index is 1.47. The van der Waals surface area contributed by atoms with Crippen LogP contribution in [0.3, 0.4) is 0 Å². The Morgan fingerprint density at radius 3 is 2.77 bits per heavy atom. The minimum Gasteiger partial charge on any atom is -0.445 e. The Bertz CT molecular complexity index is 635. The number of hydrogen-bond donors (Lipinski definition) is 1. The van der Waals surface area contributed by atoms with Gasteiger partial charge in [-0.05, 0) is 12.5 Å². The second-order valence-corrected chi connectivity index (χ2v) is 5.40. The molecule has 1 fully saturated rings. The summed E-state index contributed by atoms with van der Waals surface area (Å²) in [5.74, 6) is 0. The molecule has 0 radical (unpaired) electrons. The van der Waals surface area contributed by atoms with Crippen molar-refractivity contribution >= 4 is 6.09 Å². The van der Waals surface area contributed by atoms with Crippen LogP contribution in [0.5, 0.6) is 0 Å². The molecule has 2 aromatic rings. The number of aromatic nitrogens is 3. The standard InChI is InChI=1S/C15H18N4O3/c1-11(20)14-9-19(17-16-14)13-7-18(8-13)15(21)22-10-12-5-3-2-4-6-12/h2-6,9,11,13,20H,7-8,10H2,1H3/t11-/m1/s1. The second kappa shape index (κ2) is 6.15. The van der Waals surface area contributed by atoms with Gasteiger partial charge in [-0.2, -0.15) is 0 Å². The normalized spacial score (nSPS) is 16.2. The van der Waals surface area contributed by atoms with Crippen molar-refractivity contribution < 1.29 is 14.6 Å². The molecule has 1 amide bonds. The van der Waals surface area contributed by atoms with E-state index in [0.717, 1.165) is 5.56 Å². The van der Waals surface area contributed by atoms with Crippen molar-refractivity contribution in [2.45, 2.75) is 25.7 Å². The number of aliphatic hydroxyl groups excluding tert-OH is 1. The van der Waals surface area contributed by atoms with Crippen molar-refractivity contribution in [3.8, 4) is 0 Å². The molecule has 1 aromatic heterocycles. The van der Waals surface area contributed by atoms with Gasteiger partial charge in [-0.15, -0.1) is 5.10 Å². The smallest absolute Gasteiger partial charge is 0.410 e. The predicted molar refractivity (Wildman–Crippen MR) is 77.9 cm³/mol. The number of ether oxygens (including phenoxy) is 1. The Labute approximate surface area is 128 Å². The summed E-state index contributed by atoms with van der Waals surface area (Å²) < 4.78 is 6.94. The van der Waals surface area contributed by atoms with Crippen molar-refractivity contribution in [1.29, 1.82) is 0 Å². The molecule has 7 nitrogen and oxygen atoms in total. The molecular formula is C15H18N4O3. The summed E-state index contributed by atoms with van der Waals surface area (Å²) in [5.41, 5.74) is 1.50. The van der Waals surface area contributed by atoms with Gasteiger partial charge < -0.3 is 14.7 Å². The zero-order valence-electron chi connectivity index (χ0n) is 12.3. The van der Waals surface area contributed by atoms with E-state index in [1.165, 1.54) is 0 Å². The lowest BCUT2D eigenvalue weighted by atomic mass is 10.1. The molecule has 1 aromatic carbocycles.